The molecule has 3 aromatic rings. The first-order chi connectivity index (χ1) is 10.2. The van der Waals surface area contributed by atoms with Crippen LogP contribution in [0.4, 0.5) is 0 Å². The van der Waals surface area contributed by atoms with Gasteiger partial charge in [0.15, 0.2) is 11.6 Å². The van der Waals surface area contributed by atoms with E-state index in [0.29, 0.717) is 22.3 Å². The summed E-state index contributed by atoms with van der Waals surface area (Å²) in [6.45, 7) is 1.89. The van der Waals surface area contributed by atoms with Crippen LogP contribution in [-0.4, -0.2) is 11.6 Å². The van der Waals surface area contributed by atoms with E-state index in [1.54, 1.807) is 24.3 Å². The van der Waals surface area contributed by atoms with Crippen LogP contribution < -0.4 is 0 Å². The van der Waals surface area contributed by atoms with Crippen LogP contribution >= 0.6 is 0 Å². The maximum atomic E-state index is 12.9. The Balaban J connectivity index is 2.18. The molecule has 4 rings (SSSR count). The molecular weight excluding hydrogens is 260 g/mol. The van der Waals surface area contributed by atoms with Gasteiger partial charge in [0.2, 0.25) is 0 Å². The van der Waals surface area contributed by atoms with E-state index in [4.69, 9.17) is 0 Å². The van der Waals surface area contributed by atoms with Crippen LogP contribution in [0.3, 0.4) is 0 Å². The zero-order valence-corrected chi connectivity index (χ0v) is 11.5. The van der Waals surface area contributed by atoms with Crippen LogP contribution in [0.5, 0.6) is 0 Å². The lowest BCUT2D eigenvalue weighted by atomic mass is 9.79. The Labute approximate surface area is 122 Å². The Morgan fingerprint density at radius 2 is 1.29 bits per heavy atom. The van der Waals surface area contributed by atoms with Gasteiger partial charge < -0.3 is 0 Å². The Morgan fingerprint density at radius 3 is 2.00 bits per heavy atom. The fourth-order valence-electron chi connectivity index (χ4n) is 3.16. The maximum Gasteiger partial charge on any atom is 0.195 e. The van der Waals surface area contributed by atoms with Gasteiger partial charge in [-0.1, -0.05) is 54.6 Å². The molecule has 0 atom stereocenters. The Bertz CT molecular complexity index is 935. The van der Waals surface area contributed by atoms with Crippen molar-refractivity contribution in [2.75, 3.05) is 0 Å². The quantitative estimate of drug-likeness (QED) is 0.486. The minimum absolute atomic E-state index is 0.0524. The number of hydrogen-bond acceptors (Lipinski definition) is 2. The van der Waals surface area contributed by atoms with Gasteiger partial charge in [-0.2, -0.15) is 0 Å². The Kier molecular flexibility index (Phi) is 2.36. The fraction of sp³-hybridized carbons (Fsp3) is 0.0526. The van der Waals surface area contributed by atoms with Crippen molar-refractivity contribution in [1.82, 2.24) is 0 Å². The summed E-state index contributed by atoms with van der Waals surface area (Å²) in [7, 11) is 0. The zero-order chi connectivity index (χ0) is 14.6. The minimum atomic E-state index is -0.0555. The van der Waals surface area contributed by atoms with Gasteiger partial charge in [0.25, 0.3) is 0 Å². The predicted octanol–water partition coefficient (Wildman–Crippen LogP) is 3.92. The van der Waals surface area contributed by atoms with E-state index in [1.165, 1.54) is 0 Å². The third-order valence-electron chi connectivity index (χ3n) is 4.12. The lowest BCUT2D eigenvalue weighted by molar-refractivity contribution is 0.0980. The predicted molar refractivity (Wildman–Crippen MR) is 82.0 cm³/mol. The molecule has 0 aromatic heterocycles. The fourth-order valence-corrected chi connectivity index (χ4v) is 3.16. The highest BCUT2D eigenvalue weighted by atomic mass is 16.1. The summed E-state index contributed by atoms with van der Waals surface area (Å²) < 4.78 is 0. The highest BCUT2D eigenvalue weighted by molar-refractivity contribution is 6.32. The van der Waals surface area contributed by atoms with Gasteiger partial charge >= 0.3 is 0 Å². The average molecular weight is 272 g/mol. The van der Waals surface area contributed by atoms with E-state index < -0.39 is 0 Å². The summed E-state index contributed by atoms with van der Waals surface area (Å²) in [6.07, 6.45) is 0. The highest BCUT2D eigenvalue weighted by Crippen LogP contribution is 2.34. The van der Waals surface area contributed by atoms with E-state index in [-0.39, 0.29) is 11.6 Å². The first kappa shape index (κ1) is 12.0. The molecule has 3 aromatic carbocycles. The van der Waals surface area contributed by atoms with Crippen LogP contribution in [0.15, 0.2) is 54.6 Å². The molecule has 0 bridgehead atoms. The van der Waals surface area contributed by atoms with Crippen molar-refractivity contribution in [2.45, 2.75) is 6.92 Å². The monoisotopic (exact) mass is 272 g/mol. The van der Waals surface area contributed by atoms with Crippen molar-refractivity contribution in [3.63, 3.8) is 0 Å². The van der Waals surface area contributed by atoms with Gasteiger partial charge in [0, 0.05) is 22.3 Å². The average Bonchev–Trinajstić information content (AvgIpc) is 2.51. The van der Waals surface area contributed by atoms with Crippen LogP contribution in [-0.2, 0) is 0 Å². The van der Waals surface area contributed by atoms with Crippen molar-refractivity contribution in [3.05, 3.63) is 82.4 Å². The van der Waals surface area contributed by atoms with Gasteiger partial charge in [-0.3, -0.25) is 9.59 Å². The molecule has 2 nitrogen and oxygen atoms in total. The number of benzene rings is 3. The van der Waals surface area contributed by atoms with Crippen molar-refractivity contribution in [3.8, 4) is 0 Å². The Hall–Kier alpha value is -2.74. The SMILES string of the molecule is Cc1cc2ccccc2c2c1C(=O)c1ccccc1C2=O. The Morgan fingerprint density at radius 1 is 0.714 bits per heavy atom. The van der Waals surface area contributed by atoms with Crippen LogP contribution in [0, 0.1) is 6.92 Å². The topological polar surface area (TPSA) is 34.1 Å². The molecule has 0 heterocycles. The number of carbonyl (C=O) groups excluding carboxylic acids is 2. The summed E-state index contributed by atoms with van der Waals surface area (Å²) in [5.74, 6) is -0.108. The lowest BCUT2D eigenvalue weighted by Crippen LogP contribution is -2.22. The van der Waals surface area contributed by atoms with Gasteiger partial charge in [-0.25, -0.2) is 0 Å². The molecule has 0 N–H and O–H groups in total. The standard InChI is InChI=1S/C19H12O2/c1-11-10-12-6-2-3-7-13(12)17-16(11)18(20)14-8-4-5-9-15(14)19(17)21/h2-10H,1H3. The van der Waals surface area contributed by atoms with E-state index in [1.807, 2.05) is 37.3 Å². The first-order valence-electron chi connectivity index (χ1n) is 6.89. The van der Waals surface area contributed by atoms with Gasteiger partial charge in [-0.05, 0) is 23.3 Å². The third kappa shape index (κ3) is 1.53. The van der Waals surface area contributed by atoms with E-state index >= 15 is 0 Å². The largest absolute Gasteiger partial charge is 0.289 e. The highest BCUT2D eigenvalue weighted by Gasteiger charge is 2.32. The molecule has 0 unspecified atom stereocenters. The summed E-state index contributed by atoms with van der Waals surface area (Å²) in [5.41, 5.74) is 2.97. The van der Waals surface area contributed by atoms with Crippen LogP contribution in [0.2, 0.25) is 0 Å². The number of fused-ring (bicyclic) bond motifs is 4. The smallest absolute Gasteiger partial charge is 0.195 e. The van der Waals surface area contributed by atoms with E-state index in [0.717, 1.165) is 16.3 Å². The molecular formula is C19H12O2. The minimum Gasteiger partial charge on any atom is -0.289 e. The summed E-state index contributed by atoms with van der Waals surface area (Å²) >= 11 is 0. The molecule has 0 saturated heterocycles. The molecule has 0 amide bonds. The number of rotatable bonds is 0. The summed E-state index contributed by atoms with van der Waals surface area (Å²) in [6, 6.07) is 16.8. The molecule has 0 radical (unpaired) electrons. The number of aryl methyl sites for hydroxylation is 1. The number of carbonyl (C=O) groups is 2. The number of ketones is 2. The first-order valence-corrected chi connectivity index (χ1v) is 6.89. The van der Waals surface area contributed by atoms with Crippen molar-refractivity contribution < 1.29 is 9.59 Å². The summed E-state index contributed by atoms with van der Waals surface area (Å²) in [5, 5.41) is 1.85. The second-order valence-electron chi connectivity index (χ2n) is 5.37. The van der Waals surface area contributed by atoms with E-state index in [2.05, 4.69) is 0 Å². The zero-order valence-electron chi connectivity index (χ0n) is 11.5. The molecule has 0 saturated carbocycles. The molecule has 100 valence electrons. The van der Waals surface area contributed by atoms with Crippen molar-refractivity contribution in [2.24, 2.45) is 0 Å². The molecule has 1 aliphatic rings. The molecule has 0 fully saturated rings. The summed E-state index contributed by atoms with van der Waals surface area (Å²) in [4.78, 5) is 25.6. The lowest BCUT2D eigenvalue weighted by Gasteiger charge is -2.21. The van der Waals surface area contributed by atoms with Crippen molar-refractivity contribution in [1.29, 1.82) is 0 Å². The van der Waals surface area contributed by atoms with Gasteiger partial charge in [0.05, 0.1) is 0 Å². The van der Waals surface area contributed by atoms with Gasteiger partial charge in [-0.15, -0.1) is 0 Å². The second kappa shape index (κ2) is 4.13. The molecule has 1 aliphatic carbocycles. The van der Waals surface area contributed by atoms with E-state index in [9.17, 15) is 9.59 Å². The molecule has 2 heteroatoms. The normalized spacial score (nSPS) is 13.2. The third-order valence-corrected chi connectivity index (χ3v) is 4.12. The molecule has 21 heavy (non-hydrogen) atoms. The van der Waals surface area contributed by atoms with Gasteiger partial charge in [0.1, 0.15) is 0 Å². The molecule has 0 aliphatic heterocycles. The van der Waals surface area contributed by atoms with Crippen LogP contribution in [0.1, 0.15) is 37.4 Å². The molecule has 0 spiro atoms. The van der Waals surface area contributed by atoms with Crippen molar-refractivity contribution >= 4 is 22.3 Å². The second-order valence-corrected chi connectivity index (χ2v) is 5.37. The number of hydrogen-bond donors (Lipinski definition) is 0. The maximum absolute atomic E-state index is 12.9. The van der Waals surface area contributed by atoms with Crippen LogP contribution in [0.25, 0.3) is 10.8 Å².